The van der Waals surface area contributed by atoms with Crippen molar-refractivity contribution in [3.05, 3.63) is 53.2 Å². The fourth-order valence-electron chi connectivity index (χ4n) is 2.22. The number of hydrogen-bond donors (Lipinski definition) is 4. The number of nitrogens with zero attached hydrogens (tertiary/aromatic N) is 2. The number of carbonyl (C=O) groups is 1. The summed E-state index contributed by atoms with van der Waals surface area (Å²) in [5.74, 6) is -1.02. The Morgan fingerprint density at radius 1 is 1.32 bits per heavy atom. The summed E-state index contributed by atoms with van der Waals surface area (Å²) in [5, 5.41) is 21.2. The highest BCUT2D eigenvalue weighted by molar-refractivity contribution is 14.1. The fraction of sp³-hybridized carbons (Fsp3) is 0.312. The molecule has 1 heterocycles. The lowest BCUT2D eigenvalue weighted by atomic mass is 10.2. The van der Waals surface area contributed by atoms with Crippen molar-refractivity contribution in [2.75, 3.05) is 18.5 Å². The van der Waals surface area contributed by atoms with Crippen LogP contribution in [0.15, 0.2) is 27.8 Å². The van der Waals surface area contributed by atoms with Crippen LogP contribution in [0.3, 0.4) is 0 Å². The number of hydroxylamine groups is 1. The molecule has 1 amide bonds. The van der Waals surface area contributed by atoms with E-state index in [1.165, 1.54) is 14.1 Å². The Morgan fingerprint density at radius 3 is 2.61 bits per heavy atom. The van der Waals surface area contributed by atoms with Crippen molar-refractivity contribution in [3.63, 3.8) is 0 Å². The van der Waals surface area contributed by atoms with Crippen LogP contribution in [0, 0.1) is 3.57 Å². The number of aliphatic hydroxyl groups excluding tert-OH is 2. The predicted molar refractivity (Wildman–Crippen MR) is 111 cm³/mol. The predicted octanol–water partition coefficient (Wildman–Crippen LogP) is 0.100. The summed E-state index contributed by atoms with van der Waals surface area (Å²) in [6, 6.07) is 5.07. The molecular formula is C16H18ClIN4O6. The van der Waals surface area contributed by atoms with E-state index in [1.807, 2.05) is 5.48 Å². The Balaban J connectivity index is 2.47. The van der Waals surface area contributed by atoms with Crippen LogP contribution in [0.1, 0.15) is 10.4 Å². The first-order valence-electron chi connectivity index (χ1n) is 7.90. The molecule has 10 nitrogen and oxygen atoms in total. The number of anilines is 2. The second-order valence-corrected chi connectivity index (χ2v) is 7.41. The summed E-state index contributed by atoms with van der Waals surface area (Å²) >= 11 is 8.27. The van der Waals surface area contributed by atoms with Crippen LogP contribution in [0.4, 0.5) is 11.5 Å². The molecule has 28 heavy (non-hydrogen) atoms. The third-order valence-corrected chi connectivity index (χ3v) is 4.71. The van der Waals surface area contributed by atoms with Gasteiger partial charge in [-0.15, -0.1) is 0 Å². The van der Waals surface area contributed by atoms with E-state index in [9.17, 15) is 19.5 Å². The van der Waals surface area contributed by atoms with Gasteiger partial charge in [-0.2, -0.15) is 0 Å². The van der Waals surface area contributed by atoms with Crippen LogP contribution >= 0.6 is 34.2 Å². The van der Waals surface area contributed by atoms with E-state index >= 15 is 0 Å². The maximum atomic E-state index is 12.6. The molecule has 1 aromatic heterocycles. The Morgan fingerprint density at radius 2 is 2.00 bits per heavy atom. The molecule has 0 aliphatic heterocycles. The number of rotatable bonds is 7. The normalized spacial score (nSPS) is 11.9. The van der Waals surface area contributed by atoms with Crippen molar-refractivity contribution in [3.8, 4) is 0 Å². The number of carbonyl (C=O) groups excluding carboxylic acids is 1. The van der Waals surface area contributed by atoms with Gasteiger partial charge in [-0.25, -0.2) is 10.3 Å². The standard InChI is InChI=1S/C16H18ClIN4O6/c1-21-13(19-11-4-3-8(18)5-10(11)17)12(15(26)22(2)16(21)27)14(25)20-28-7-9(24)6-23/h3-5,9,19,23-24H,6-7H2,1-2H3,(H,20,25). The molecule has 0 saturated carbocycles. The molecule has 1 aromatic carbocycles. The zero-order chi connectivity index (χ0) is 21.0. The Kier molecular flexibility index (Phi) is 7.60. The Bertz CT molecular complexity index is 1010. The molecule has 1 unspecified atom stereocenters. The molecule has 12 heteroatoms. The molecule has 0 spiro atoms. The maximum absolute atomic E-state index is 12.6. The highest BCUT2D eigenvalue weighted by atomic mass is 127. The minimum absolute atomic E-state index is 0.0833. The molecule has 1 atom stereocenters. The van der Waals surface area contributed by atoms with Crippen molar-refractivity contribution in [1.29, 1.82) is 0 Å². The van der Waals surface area contributed by atoms with Gasteiger partial charge in [-0.3, -0.25) is 23.6 Å². The molecule has 0 bridgehead atoms. The van der Waals surface area contributed by atoms with Gasteiger partial charge in [-0.1, -0.05) is 11.6 Å². The highest BCUT2D eigenvalue weighted by Gasteiger charge is 2.23. The number of nitrogens with one attached hydrogen (secondary N) is 2. The topological polar surface area (TPSA) is 135 Å². The van der Waals surface area contributed by atoms with Crippen LogP contribution in [-0.4, -0.2) is 44.6 Å². The maximum Gasteiger partial charge on any atom is 0.332 e. The summed E-state index contributed by atoms with van der Waals surface area (Å²) in [4.78, 5) is 42.2. The SMILES string of the molecule is Cn1c(Nc2ccc(I)cc2Cl)c(C(=O)NOCC(O)CO)c(=O)n(C)c1=O. The van der Waals surface area contributed by atoms with Gasteiger partial charge in [0.2, 0.25) is 0 Å². The van der Waals surface area contributed by atoms with Crippen LogP contribution in [0.2, 0.25) is 5.02 Å². The lowest BCUT2D eigenvalue weighted by molar-refractivity contribution is -0.0295. The third kappa shape index (κ3) is 4.91. The number of amides is 1. The average molecular weight is 525 g/mol. The van der Waals surface area contributed by atoms with Crippen molar-refractivity contribution in [1.82, 2.24) is 14.6 Å². The monoisotopic (exact) mass is 524 g/mol. The first-order valence-corrected chi connectivity index (χ1v) is 9.36. The first kappa shape index (κ1) is 22.4. The third-order valence-electron chi connectivity index (χ3n) is 3.73. The lowest BCUT2D eigenvalue weighted by Crippen LogP contribution is -2.43. The molecule has 2 aromatic rings. The fourth-order valence-corrected chi connectivity index (χ4v) is 3.12. The highest BCUT2D eigenvalue weighted by Crippen LogP contribution is 2.27. The van der Waals surface area contributed by atoms with Crippen molar-refractivity contribution < 1.29 is 19.8 Å². The summed E-state index contributed by atoms with van der Waals surface area (Å²) in [6.45, 7) is -0.949. The smallest absolute Gasteiger partial charge is 0.332 e. The number of benzene rings is 1. The van der Waals surface area contributed by atoms with E-state index < -0.39 is 35.4 Å². The van der Waals surface area contributed by atoms with Crippen LogP contribution in [0.25, 0.3) is 0 Å². The molecule has 0 fully saturated rings. The van der Waals surface area contributed by atoms with E-state index in [1.54, 1.807) is 18.2 Å². The van der Waals surface area contributed by atoms with Gasteiger partial charge in [0.15, 0.2) is 0 Å². The zero-order valence-corrected chi connectivity index (χ0v) is 17.8. The quantitative estimate of drug-likeness (QED) is 0.298. The average Bonchev–Trinajstić information content (AvgIpc) is 2.66. The van der Waals surface area contributed by atoms with Crippen molar-refractivity contribution in [2.24, 2.45) is 14.1 Å². The number of aliphatic hydroxyl groups is 2. The molecule has 0 aliphatic rings. The van der Waals surface area contributed by atoms with E-state index in [0.29, 0.717) is 10.7 Å². The summed E-state index contributed by atoms with van der Waals surface area (Å²) in [7, 11) is 2.62. The van der Waals surface area contributed by atoms with Gasteiger partial charge >= 0.3 is 5.69 Å². The zero-order valence-electron chi connectivity index (χ0n) is 14.9. The van der Waals surface area contributed by atoms with E-state index in [4.69, 9.17) is 21.5 Å². The van der Waals surface area contributed by atoms with Gasteiger partial charge in [0, 0.05) is 17.7 Å². The van der Waals surface area contributed by atoms with E-state index in [-0.39, 0.29) is 12.4 Å². The molecule has 2 rings (SSSR count). The van der Waals surface area contributed by atoms with Gasteiger partial charge in [0.25, 0.3) is 11.5 Å². The largest absolute Gasteiger partial charge is 0.394 e. The molecule has 152 valence electrons. The number of aromatic nitrogens is 2. The van der Waals surface area contributed by atoms with E-state index in [2.05, 4.69) is 27.9 Å². The van der Waals surface area contributed by atoms with Crippen LogP contribution in [-0.2, 0) is 18.9 Å². The molecule has 0 aliphatic carbocycles. The number of hydrogen-bond acceptors (Lipinski definition) is 7. The molecule has 0 radical (unpaired) electrons. The van der Waals surface area contributed by atoms with Gasteiger partial charge in [0.1, 0.15) is 24.1 Å². The molecular weight excluding hydrogens is 507 g/mol. The Labute approximate surface area is 177 Å². The van der Waals surface area contributed by atoms with E-state index in [0.717, 1.165) is 12.7 Å². The molecule has 4 N–H and O–H groups in total. The molecule has 0 saturated heterocycles. The van der Waals surface area contributed by atoms with Crippen molar-refractivity contribution >= 4 is 51.6 Å². The Hall–Kier alpha value is -1.93. The summed E-state index contributed by atoms with van der Waals surface area (Å²) < 4.78 is 2.74. The van der Waals surface area contributed by atoms with Crippen LogP contribution < -0.4 is 22.0 Å². The minimum Gasteiger partial charge on any atom is -0.394 e. The minimum atomic E-state index is -1.20. The van der Waals surface area contributed by atoms with Gasteiger partial charge in [0.05, 0.1) is 17.3 Å². The van der Waals surface area contributed by atoms with Crippen LogP contribution in [0.5, 0.6) is 0 Å². The summed E-state index contributed by atoms with van der Waals surface area (Å²) in [6.07, 6.45) is -1.20. The lowest BCUT2D eigenvalue weighted by Gasteiger charge is -2.17. The van der Waals surface area contributed by atoms with Gasteiger partial charge < -0.3 is 15.5 Å². The second kappa shape index (κ2) is 9.52. The van der Waals surface area contributed by atoms with Crippen molar-refractivity contribution in [2.45, 2.75) is 6.10 Å². The summed E-state index contributed by atoms with van der Waals surface area (Å²) in [5.41, 5.74) is 0.509. The second-order valence-electron chi connectivity index (χ2n) is 5.76. The van der Waals surface area contributed by atoms with Gasteiger partial charge in [-0.05, 0) is 40.8 Å². The first-order chi connectivity index (χ1) is 13.2. The number of halogens is 2.